The molecule has 0 fully saturated rings. The number of thiazole rings is 2. The summed E-state index contributed by atoms with van der Waals surface area (Å²) in [6, 6.07) is 0. The molecule has 0 saturated carbocycles. The van der Waals surface area contributed by atoms with Crippen molar-refractivity contribution in [2.24, 2.45) is 5.92 Å². The van der Waals surface area contributed by atoms with E-state index in [-0.39, 0.29) is 12.2 Å². The van der Waals surface area contributed by atoms with Crippen LogP contribution in [0.3, 0.4) is 0 Å². The Hall–Kier alpha value is -1.60. The molecule has 0 radical (unpaired) electrons. The van der Waals surface area contributed by atoms with Gasteiger partial charge in [-0.2, -0.15) is 0 Å². The van der Waals surface area contributed by atoms with Crippen LogP contribution in [0, 0.1) is 5.92 Å². The molecule has 7 heteroatoms. The van der Waals surface area contributed by atoms with Crippen LogP contribution >= 0.6 is 22.7 Å². The molecule has 1 N–H and O–H groups in total. The van der Waals surface area contributed by atoms with E-state index in [9.17, 15) is 9.59 Å². The molecule has 2 aromatic heterocycles. The average Bonchev–Trinajstić information content (AvgIpc) is 3.22. The van der Waals surface area contributed by atoms with Crippen LogP contribution in [0.1, 0.15) is 74.2 Å². The van der Waals surface area contributed by atoms with Crippen molar-refractivity contribution in [1.29, 1.82) is 0 Å². The van der Waals surface area contributed by atoms with E-state index in [0.29, 0.717) is 24.5 Å². The summed E-state index contributed by atoms with van der Waals surface area (Å²) in [5.74, 6) is -0.150. The first kappa shape index (κ1) is 20.7. The number of hydrogen-bond donors (Lipinski definition) is 1. The minimum atomic E-state index is -0.738. The van der Waals surface area contributed by atoms with Crippen LogP contribution in [0.4, 0.5) is 0 Å². The van der Waals surface area contributed by atoms with Crippen molar-refractivity contribution in [3.63, 3.8) is 0 Å². The monoisotopic (exact) mass is 394 g/mol. The molecule has 0 aliphatic heterocycles. The number of aliphatic carboxylic acids is 1. The van der Waals surface area contributed by atoms with Gasteiger partial charge in [0.25, 0.3) is 0 Å². The number of aromatic nitrogens is 2. The number of rotatable bonds is 12. The third-order valence-electron chi connectivity index (χ3n) is 3.96. The second-order valence-corrected chi connectivity index (χ2v) is 8.79. The van der Waals surface area contributed by atoms with Crippen LogP contribution in [0.5, 0.6) is 0 Å². The lowest BCUT2D eigenvalue weighted by atomic mass is 10.0. The lowest BCUT2D eigenvalue weighted by Crippen LogP contribution is -2.05. The summed E-state index contributed by atoms with van der Waals surface area (Å²) in [4.78, 5) is 33.1. The predicted molar refractivity (Wildman–Crippen MR) is 106 cm³/mol. The van der Waals surface area contributed by atoms with Crippen LogP contribution in [0.2, 0.25) is 0 Å². The summed E-state index contributed by atoms with van der Waals surface area (Å²) in [5, 5.41) is 12.3. The van der Waals surface area contributed by atoms with Crippen LogP contribution in [-0.2, 0) is 11.2 Å². The highest BCUT2D eigenvalue weighted by atomic mass is 32.1. The largest absolute Gasteiger partial charge is 0.481 e. The molecule has 0 unspecified atom stereocenters. The zero-order valence-corrected chi connectivity index (χ0v) is 17.0. The average molecular weight is 395 g/mol. The maximum atomic E-state index is 12.7. The highest BCUT2D eigenvalue weighted by molar-refractivity contribution is 7.20. The highest BCUT2D eigenvalue weighted by Crippen LogP contribution is 2.31. The molecule has 0 bridgehead atoms. The molecule has 0 aromatic carbocycles. The van der Waals surface area contributed by atoms with Crippen molar-refractivity contribution < 1.29 is 14.7 Å². The van der Waals surface area contributed by atoms with Gasteiger partial charge in [-0.15, -0.1) is 22.7 Å². The number of unbranched alkanes of at least 4 members (excludes halogenated alkanes) is 4. The zero-order valence-electron chi connectivity index (χ0n) is 15.4. The molecular formula is C19H26N2O3S2. The summed E-state index contributed by atoms with van der Waals surface area (Å²) in [6.45, 7) is 4.29. The van der Waals surface area contributed by atoms with Gasteiger partial charge in [0.05, 0.1) is 0 Å². The first-order valence-electron chi connectivity index (χ1n) is 9.12. The lowest BCUT2D eigenvalue weighted by molar-refractivity contribution is -0.137. The summed E-state index contributed by atoms with van der Waals surface area (Å²) < 4.78 is 0. The fourth-order valence-electron chi connectivity index (χ4n) is 2.71. The quantitative estimate of drug-likeness (QED) is 0.382. The SMILES string of the molecule is CC(C)Cc1sc(-c2nccs2)nc1C(=O)CCCCCCCC(=O)O. The van der Waals surface area contributed by atoms with Gasteiger partial charge < -0.3 is 5.11 Å². The lowest BCUT2D eigenvalue weighted by Gasteiger charge is -2.04. The van der Waals surface area contributed by atoms with E-state index in [1.165, 1.54) is 0 Å². The Kier molecular flexibility index (Phi) is 8.38. The first-order chi connectivity index (χ1) is 12.5. The highest BCUT2D eigenvalue weighted by Gasteiger charge is 2.20. The fraction of sp³-hybridized carbons (Fsp3) is 0.579. The van der Waals surface area contributed by atoms with Gasteiger partial charge >= 0.3 is 5.97 Å². The van der Waals surface area contributed by atoms with E-state index in [0.717, 1.165) is 47.0 Å². The van der Waals surface area contributed by atoms with E-state index in [2.05, 4.69) is 23.8 Å². The van der Waals surface area contributed by atoms with Gasteiger partial charge in [0.15, 0.2) is 15.8 Å². The standard InChI is InChI=1S/C19H26N2O3S2/c1-13(2)12-15-17(21-19(26-15)18-20-10-11-25-18)14(22)8-6-4-3-5-7-9-16(23)24/h10-11,13H,3-9,12H2,1-2H3,(H,23,24). The van der Waals surface area contributed by atoms with Gasteiger partial charge in [0, 0.05) is 29.3 Å². The number of carboxylic acids is 1. The van der Waals surface area contributed by atoms with Crippen molar-refractivity contribution in [2.45, 2.75) is 65.2 Å². The Morgan fingerprint density at radius 2 is 1.77 bits per heavy atom. The second kappa shape index (κ2) is 10.5. The summed E-state index contributed by atoms with van der Waals surface area (Å²) in [6.07, 6.45) is 7.73. The molecule has 2 rings (SSSR count). The van der Waals surface area contributed by atoms with Gasteiger partial charge in [-0.05, 0) is 25.2 Å². The molecule has 0 aliphatic rings. The third-order valence-corrected chi connectivity index (χ3v) is 5.96. The topological polar surface area (TPSA) is 80.2 Å². The molecular weight excluding hydrogens is 368 g/mol. The maximum Gasteiger partial charge on any atom is 0.303 e. The van der Waals surface area contributed by atoms with Crippen molar-refractivity contribution in [1.82, 2.24) is 9.97 Å². The maximum absolute atomic E-state index is 12.7. The summed E-state index contributed by atoms with van der Waals surface area (Å²) in [7, 11) is 0. The Balaban J connectivity index is 1.89. The molecule has 142 valence electrons. The molecule has 2 aromatic rings. The van der Waals surface area contributed by atoms with Crippen LogP contribution in [0.15, 0.2) is 11.6 Å². The van der Waals surface area contributed by atoms with Crippen molar-refractivity contribution in [3.8, 4) is 10.0 Å². The van der Waals surface area contributed by atoms with Gasteiger partial charge in [-0.25, -0.2) is 9.97 Å². The molecule has 0 amide bonds. The number of carbonyl (C=O) groups excluding carboxylic acids is 1. The van der Waals surface area contributed by atoms with E-state index in [4.69, 9.17) is 5.11 Å². The second-order valence-electron chi connectivity index (χ2n) is 6.81. The summed E-state index contributed by atoms with van der Waals surface area (Å²) in [5.41, 5.74) is 0.625. The van der Waals surface area contributed by atoms with E-state index < -0.39 is 5.97 Å². The molecule has 26 heavy (non-hydrogen) atoms. The van der Waals surface area contributed by atoms with Gasteiger partial charge in [0.1, 0.15) is 5.69 Å². The van der Waals surface area contributed by atoms with E-state index >= 15 is 0 Å². The minimum Gasteiger partial charge on any atom is -0.481 e. The number of carbonyl (C=O) groups is 2. The third kappa shape index (κ3) is 6.61. The van der Waals surface area contributed by atoms with E-state index in [1.54, 1.807) is 28.9 Å². The number of hydrogen-bond acceptors (Lipinski definition) is 6. The van der Waals surface area contributed by atoms with Crippen molar-refractivity contribution in [3.05, 3.63) is 22.1 Å². The Morgan fingerprint density at radius 1 is 1.08 bits per heavy atom. The molecule has 0 spiro atoms. The number of Topliss-reactive ketones (excluding diaryl/α,β-unsaturated/α-hetero) is 1. The molecule has 2 heterocycles. The Morgan fingerprint density at radius 3 is 2.38 bits per heavy atom. The van der Waals surface area contributed by atoms with Gasteiger partial charge in [-0.1, -0.05) is 33.1 Å². The Bertz CT molecular complexity index is 708. The van der Waals surface area contributed by atoms with Gasteiger partial charge in [0.2, 0.25) is 0 Å². The molecule has 5 nitrogen and oxygen atoms in total. The zero-order chi connectivity index (χ0) is 18.9. The van der Waals surface area contributed by atoms with E-state index in [1.807, 2.05) is 5.38 Å². The smallest absolute Gasteiger partial charge is 0.303 e. The van der Waals surface area contributed by atoms with Crippen LogP contribution in [-0.4, -0.2) is 26.8 Å². The number of carboxylic acid groups (broad SMARTS) is 1. The van der Waals surface area contributed by atoms with Crippen molar-refractivity contribution >= 4 is 34.4 Å². The number of nitrogens with zero attached hydrogens (tertiary/aromatic N) is 2. The number of ketones is 1. The summed E-state index contributed by atoms with van der Waals surface area (Å²) >= 11 is 3.13. The molecule has 0 aliphatic carbocycles. The minimum absolute atomic E-state index is 0.116. The normalized spacial score (nSPS) is 11.2. The van der Waals surface area contributed by atoms with Crippen LogP contribution < -0.4 is 0 Å². The van der Waals surface area contributed by atoms with Crippen molar-refractivity contribution in [2.75, 3.05) is 0 Å². The Labute approximate surface area is 162 Å². The fourth-order valence-corrected chi connectivity index (χ4v) is 4.68. The molecule has 0 saturated heterocycles. The van der Waals surface area contributed by atoms with Gasteiger partial charge in [-0.3, -0.25) is 9.59 Å². The predicted octanol–water partition coefficient (Wildman–Crippen LogP) is 5.46. The van der Waals surface area contributed by atoms with Crippen LogP contribution in [0.25, 0.3) is 10.0 Å². The molecule has 0 atom stereocenters. The first-order valence-corrected chi connectivity index (χ1v) is 10.8.